The van der Waals surface area contributed by atoms with Crippen LogP contribution < -0.4 is 24.3 Å². The number of amides is 1. The van der Waals surface area contributed by atoms with Gasteiger partial charge in [0.05, 0.1) is 34.0 Å². The second-order valence-electron chi connectivity index (χ2n) is 4.62. The van der Waals surface area contributed by atoms with Crippen LogP contribution in [0.25, 0.3) is 0 Å². The smallest absolute Gasteiger partial charge is 0.259 e. The zero-order chi connectivity index (χ0) is 16.8. The van der Waals surface area contributed by atoms with Gasteiger partial charge in [0, 0.05) is 30.0 Å². The third-order valence-corrected chi connectivity index (χ3v) is 3.26. The molecule has 0 atom stereocenters. The average Bonchev–Trinajstić information content (AvgIpc) is 2.60. The first-order valence-corrected chi connectivity index (χ1v) is 6.87. The van der Waals surface area contributed by atoms with Crippen molar-refractivity contribution in [1.82, 2.24) is 0 Å². The highest BCUT2D eigenvalue weighted by atomic mass is 16.5. The Bertz CT molecular complexity index is 677. The van der Waals surface area contributed by atoms with Crippen molar-refractivity contribution < 1.29 is 23.7 Å². The summed E-state index contributed by atoms with van der Waals surface area (Å²) in [7, 11) is 6.15. The molecule has 6 nitrogen and oxygen atoms in total. The van der Waals surface area contributed by atoms with Gasteiger partial charge in [-0.25, -0.2) is 0 Å². The lowest BCUT2D eigenvalue weighted by molar-refractivity contribution is 0.102. The van der Waals surface area contributed by atoms with E-state index in [1.165, 1.54) is 7.11 Å². The highest BCUT2D eigenvalue weighted by molar-refractivity contribution is 6.06. The van der Waals surface area contributed by atoms with Gasteiger partial charge in [-0.05, 0) is 12.1 Å². The molecule has 0 spiro atoms. The van der Waals surface area contributed by atoms with Crippen molar-refractivity contribution in [2.45, 2.75) is 0 Å². The van der Waals surface area contributed by atoms with Crippen molar-refractivity contribution in [2.24, 2.45) is 0 Å². The Morgan fingerprint density at radius 2 is 1.39 bits per heavy atom. The van der Waals surface area contributed by atoms with Crippen molar-refractivity contribution in [3.63, 3.8) is 0 Å². The van der Waals surface area contributed by atoms with Crippen molar-refractivity contribution >= 4 is 11.6 Å². The molecule has 0 bridgehead atoms. The van der Waals surface area contributed by atoms with Crippen LogP contribution in [0.15, 0.2) is 36.4 Å². The standard InChI is InChI=1S/C17H19NO5/c1-20-12-5-6-15(16(10-12)23-4)17(19)18-11-7-13(21-2)9-14(8-11)22-3/h5-10H,1-4H3,(H,18,19). The Balaban J connectivity index is 2.28. The SMILES string of the molecule is COc1cc(NC(=O)c2ccc(OC)cc2OC)cc(OC)c1. The minimum atomic E-state index is -0.306. The maximum absolute atomic E-state index is 12.5. The number of carbonyl (C=O) groups is 1. The number of anilines is 1. The maximum Gasteiger partial charge on any atom is 0.259 e. The molecule has 0 aromatic heterocycles. The molecule has 0 saturated carbocycles. The normalized spacial score (nSPS) is 9.91. The largest absolute Gasteiger partial charge is 0.497 e. The number of hydrogen-bond acceptors (Lipinski definition) is 5. The second kappa shape index (κ2) is 7.40. The molecule has 0 aliphatic heterocycles. The Kier molecular flexibility index (Phi) is 5.30. The Morgan fingerprint density at radius 1 is 0.783 bits per heavy atom. The summed E-state index contributed by atoms with van der Waals surface area (Å²) >= 11 is 0. The first-order chi connectivity index (χ1) is 11.1. The highest BCUT2D eigenvalue weighted by Gasteiger charge is 2.14. The van der Waals surface area contributed by atoms with Gasteiger partial charge >= 0.3 is 0 Å². The average molecular weight is 317 g/mol. The maximum atomic E-state index is 12.5. The highest BCUT2D eigenvalue weighted by Crippen LogP contribution is 2.28. The van der Waals surface area contributed by atoms with Crippen LogP contribution in [-0.2, 0) is 0 Å². The third kappa shape index (κ3) is 3.85. The predicted octanol–water partition coefficient (Wildman–Crippen LogP) is 2.97. The first-order valence-electron chi connectivity index (χ1n) is 6.87. The molecule has 2 rings (SSSR count). The Hall–Kier alpha value is -2.89. The summed E-state index contributed by atoms with van der Waals surface area (Å²) < 4.78 is 20.7. The van der Waals surface area contributed by atoms with Crippen molar-refractivity contribution in [3.8, 4) is 23.0 Å². The van der Waals surface area contributed by atoms with Crippen LogP contribution in [0, 0.1) is 0 Å². The van der Waals surface area contributed by atoms with Crippen LogP contribution in [0.1, 0.15) is 10.4 Å². The summed E-state index contributed by atoms with van der Waals surface area (Å²) in [4.78, 5) is 12.5. The summed E-state index contributed by atoms with van der Waals surface area (Å²) in [5, 5.41) is 2.80. The van der Waals surface area contributed by atoms with Crippen molar-refractivity contribution in [1.29, 1.82) is 0 Å². The predicted molar refractivity (Wildman–Crippen MR) is 87.0 cm³/mol. The lowest BCUT2D eigenvalue weighted by Crippen LogP contribution is -2.13. The van der Waals surface area contributed by atoms with E-state index in [-0.39, 0.29) is 5.91 Å². The number of carbonyl (C=O) groups excluding carboxylic acids is 1. The number of benzene rings is 2. The van der Waals surface area contributed by atoms with Gasteiger partial charge in [0.15, 0.2) is 0 Å². The molecule has 0 radical (unpaired) electrons. The zero-order valence-electron chi connectivity index (χ0n) is 13.5. The van der Waals surface area contributed by atoms with Crippen LogP contribution >= 0.6 is 0 Å². The van der Waals surface area contributed by atoms with Gasteiger partial charge in [0.1, 0.15) is 23.0 Å². The van der Waals surface area contributed by atoms with Crippen LogP contribution in [0.3, 0.4) is 0 Å². The molecule has 0 aliphatic carbocycles. The number of nitrogens with one attached hydrogen (secondary N) is 1. The van der Waals surface area contributed by atoms with Gasteiger partial charge in [-0.1, -0.05) is 0 Å². The monoisotopic (exact) mass is 317 g/mol. The van der Waals surface area contributed by atoms with Gasteiger partial charge in [0.2, 0.25) is 0 Å². The van der Waals surface area contributed by atoms with E-state index in [1.54, 1.807) is 57.7 Å². The number of ether oxygens (including phenoxy) is 4. The van der Waals surface area contributed by atoms with E-state index in [9.17, 15) is 4.79 Å². The molecule has 2 aromatic rings. The molecule has 0 aliphatic rings. The summed E-state index contributed by atoms with van der Waals surface area (Å²) in [5.74, 6) is 1.90. The van der Waals surface area contributed by atoms with Crippen LogP contribution in [-0.4, -0.2) is 34.3 Å². The second-order valence-corrected chi connectivity index (χ2v) is 4.62. The van der Waals surface area contributed by atoms with Crippen LogP contribution in [0.5, 0.6) is 23.0 Å². The summed E-state index contributed by atoms with van der Waals surface area (Å²) in [5.41, 5.74) is 0.958. The quantitative estimate of drug-likeness (QED) is 0.887. The van der Waals surface area contributed by atoms with Gasteiger partial charge < -0.3 is 24.3 Å². The fourth-order valence-corrected chi connectivity index (χ4v) is 2.06. The Labute approximate surface area is 134 Å². The molecular weight excluding hydrogens is 298 g/mol. The fraction of sp³-hybridized carbons (Fsp3) is 0.235. The van der Waals surface area contributed by atoms with Crippen LogP contribution in [0.2, 0.25) is 0 Å². The lowest BCUT2D eigenvalue weighted by atomic mass is 10.1. The number of hydrogen-bond donors (Lipinski definition) is 1. The van der Waals surface area contributed by atoms with Crippen LogP contribution in [0.4, 0.5) is 5.69 Å². The summed E-state index contributed by atoms with van der Waals surface area (Å²) in [6.45, 7) is 0. The molecule has 0 saturated heterocycles. The molecule has 0 heterocycles. The van der Waals surface area contributed by atoms with E-state index in [0.717, 1.165) is 0 Å². The van der Waals surface area contributed by atoms with E-state index in [2.05, 4.69) is 5.32 Å². The minimum absolute atomic E-state index is 0.306. The van der Waals surface area contributed by atoms with Gasteiger partial charge in [-0.3, -0.25) is 4.79 Å². The van der Waals surface area contributed by atoms with E-state index >= 15 is 0 Å². The van der Waals surface area contributed by atoms with E-state index in [1.807, 2.05) is 0 Å². The molecule has 6 heteroatoms. The van der Waals surface area contributed by atoms with Gasteiger partial charge in [0.25, 0.3) is 5.91 Å². The molecular formula is C17H19NO5. The molecule has 122 valence electrons. The summed E-state index contributed by atoms with van der Waals surface area (Å²) in [6, 6.07) is 10.1. The van der Waals surface area contributed by atoms with Crippen molar-refractivity contribution in [3.05, 3.63) is 42.0 Å². The minimum Gasteiger partial charge on any atom is -0.497 e. The number of methoxy groups -OCH3 is 4. The van der Waals surface area contributed by atoms with E-state index in [4.69, 9.17) is 18.9 Å². The first kappa shape index (κ1) is 16.5. The fourth-order valence-electron chi connectivity index (χ4n) is 2.06. The molecule has 2 aromatic carbocycles. The lowest BCUT2D eigenvalue weighted by Gasteiger charge is -2.12. The van der Waals surface area contributed by atoms with E-state index < -0.39 is 0 Å². The zero-order valence-corrected chi connectivity index (χ0v) is 13.5. The number of rotatable bonds is 6. The molecule has 1 amide bonds. The Morgan fingerprint density at radius 3 is 1.91 bits per heavy atom. The molecule has 23 heavy (non-hydrogen) atoms. The van der Waals surface area contributed by atoms with Crippen molar-refractivity contribution in [2.75, 3.05) is 33.8 Å². The molecule has 1 N–H and O–H groups in total. The topological polar surface area (TPSA) is 66.0 Å². The molecule has 0 fully saturated rings. The van der Waals surface area contributed by atoms with E-state index in [0.29, 0.717) is 34.2 Å². The van der Waals surface area contributed by atoms with Gasteiger partial charge in [-0.15, -0.1) is 0 Å². The molecule has 0 unspecified atom stereocenters. The van der Waals surface area contributed by atoms with Gasteiger partial charge in [-0.2, -0.15) is 0 Å². The third-order valence-electron chi connectivity index (χ3n) is 3.26. The summed E-state index contributed by atoms with van der Waals surface area (Å²) in [6.07, 6.45) is 0.